The van der Waals surface area contributed by atoms with Crippen LogP contribution in [0.3, 0.4) is 0 Å². The second kappa shape index (κ2) is 8.46. The number of unbranched alkanes of at least 4 members (excludes halogenated alkanes) is 1. The number of halogens is 1. The Bertz CT molecular complexity index is 106. The zero-order valence-corrected chi connectivity index (χ0v) is 6.62. The maximum Gasteiger partial charge on any atom is 0.233 e. The second-order valence-electron chi connectivity index (χ2n) is 1.75. The van der Waals surface area contributed by atoms with E-state index in [4.69, 9.17) is 5.84 Å². The van der Waals surface area contributed by atoms with Crippen LogP contribution in [0.2, 0.25) is 0 Å². The number of hydrogen-bond acceptors (Lipinski definition) is 2. The minimum Gasteiger partial charge on any atom is -0.294 e. The summed E-state index contributed by atoms with van der Waals surface area (Å²) in [5.41, 5.74) is 2.05. The summed E-state index contributed by atoms with van der Waals surface area (Å²) in [5, 5.41) is 0. The van der Waals surface area contributed by atoms with Crippen LogP contribution in [-0.2, 0) is 4.79 Å². The van der Waals surface area contributed by atoms with Crippen molar-refractivity contribution in [2.75, 3.05) is 0 Å². The van der Waals surface area contributed by atoms with Gasteiger partial charge in [0.1, 0.15) is 0 Å². The molecule has 0 fully saturated rings. The van der Waals surface area contributed by atoms with Crippen LogP contribution in [0.1, 0.15) is 19.3 Å². The lowest BCUT2D eigenvalue weighted by molar-refractivity contribution is -0.121. The van der Waals surface area contributed by atoms with E-state index in [1.165, 1.54) is 0 Å². The quantitative estimate of drug-likeness (QED) is 0.212. The summed E-state index contributed by atoms with van der Waals surface area (Å²) < 4.78 is 0. The summed E-state index contributed by atoms with van der Waals surface area (Å²) >= 11 is 0. The van der Waals surface area contributed by atoms with Crippen LogP contribution < -0.4 is 11.3 Å². The van der Waals surface area contributed by atoms with E-state index >= 15 is 0 Å². The largest absolute Gasteiger partial charge is 0.294 e. The lowest BCUT2D eigenvalue weighted by Crippen LogP contribution is -2.29. The van der Waals surface area contributed by atoms with Gasteiger partial charge in [-0.15, -0.1) is 19.0 Å². The van der Waals surface area contributed by atoms with E-state index in [1.54, 1.807) is 6.08 Å². The molecule has 0 heterocycles. The van der Waals surface area contributed by atoms with Crippen LogP contribution >= 0.6 is 12.4 Å². The first-order valence-electron chi connectivity index (χ1n) is 2.91. The van der Waals surface area contributed by atoms with Crippen molar-refractivity contribution in [3.63, 3.8) is 0 Å². The highest BCUT2D eigenvalue weighted by atomic mass is 35.5. The molecule has 0 aromatic rings. The molecule has 0 saturated heterocycles. The zero-order chi connectivity index (χ0) is 7.11. The van der Waals surface area contributed by atoms with Gasteiger partial charge in [0.25, 0.3) is 0 Å². The number of nitrogens with two attached hydrogens (primary N) is 1. The van der Waals surface area contributed by atoms with Gasteiger partial charge in [0, 0.05) is 6.42 Å². The van der Waals surface area contributed by atoms with Crippen molar-refractivity contribution in [1.29, 1.82) is 0 Å². The van der Waals surface area contributed by atoms with Crippen molar-refractivity contribution >= 4 is 18.3 Å². The normalized spacial score (nSPS) is 7.70. The standard InChI is InChI=1S/C6H12N2O.ClH/c1-2-3-4-5-6(9)8-7;/h2H,1,3-5,7H2,(H,8,9);1H. The number of amides is 1. The molecule has 4 heteroatoms. The molecule has 0 bridgehead atoms. The summed E-state index contributed by atoms with van der Waals surface area (Å²) in [5.74, 6) is 4.71. The van der Waals surface area contributed by atoms with E-state index in [0.717, 1.165) is 12.8 Å². The molecule has 60 valence electrons. The predicted molar refractivity (Wildman–Crippen MR) is 43.6 cm³/mol. The maximum absolute atomic E-state index is 10.4. The van der Waals surface area contributed by atoms with Crippen LogP contribution in [0.4, 0.5) is 0 Å². The molecule has 0 aliphatic carbocycles. The average molecular weight is 165 g/mol. The van der Waals surface area contributed by atoms with Crippen LogP contribution in [0.5, 0.6) is 0 Å². The molecule has 0 aromatic heterocycles. The van der Waals surface area contributed by atoms with Gasteiger partial charge >= 0.3 is 0 Å². The minimum absolute atomic E-state index is 0. The third-order valence-electron chi connectivity index (χ3n) is 0.973. The molecule has 3 N–H and O–H groups in total. The van der Waals surface area contributed by atoms with Gasteiger partial charge in [0.2, 0.25) is 5.91 Å². The molecule has 0 spiro atoms. The number of hydrogen-bond donors (Lipinski definition) is 2. The van der Waals surface area contributed by atoms with E-state index in [1.807, 2.05) is 0 Å². The molecular weight excluding hydrogens is 152 g/mol. The van der Waals surface area contributed by atoms with E-state index in [9.17, 15) is 4.79 Å². The van der Waals surface area contributed by atoms with Crippen molar-refractivity contribution in [3.8, 4) is 0 Å². The van der Waals surface area contributed by atoms with Gasteiger partial charge in [-0.05, 0) is 12.8 Å². The Labute approximate surface area is 67.0 Å². The van der Waals surface area contributed by atoms with Gasteiger partial charge in [0.05, 0.1) is 0 Å². The predicted octanol–water partition coefficient (Wildman–Crippen LogP) is 0.754. The Hall–Kier alpha value is -0.540. The van der Waals surface area contributed by atoms with E-state index in [2.05, 4.69) is 12.0 Å². The number of hydrazine groups is 1. The number of allylic oxidation sites excluding steroid dienone is 1. The van der Waals surface area contributed by atoms with Gasteiger partial charge in [-0.25, -0.2) is 5.84 Å². The Kier molecular flexibility index (Phi) is 10.3. The highest BCUT2D eigenvalue weighted by Gasteiger charge is 1.93. The van der Waals surface area contributed by atoms with Crippen molar-refractivity contribution in [3.05, 3.63) is 12.7 Å². The first kappa shape index (κ1) is 12.2. The van der Waals surface area contributed by atoms with Crippen molar-refractivity contribution in [2.45, 2.75) is 19.3 Å². The van der Waals surface area contributed by atoms with Crippen LogP contribution in [0, 0.1) is 0 Å². The molecule has 3 nitrogen and oxygen atoms in total. The topological polar surface area (TPSA) is 55.1 Å². The fraction of sp³-hybridized carbons (Fsp3) is 0.500. The summed E-state index contributed by atoms with van der Waals surface area (Å²) in [6, 6.07) is 0. The van der Waals surface area contributed by atoms with E-state index < -0.39 is 0 Å². The smallest absolute Gasteiger partial charge is 0.233 e. The number of rotatable bonds is 4. The third kappa shape index (κ3) is 7.46. The molecule has 0 saturated carbocycles. The summed E-state index contributed by atoms with van der Waals surface area (Å²) in [7, 11) is 0. The Balaban J connectivity index is 0. The molecule has 0 radical (unpaired) electrons. The summed E-state index contributed by atoms with van der Waals surface area (Å²) in [4.78, 5) is 10.4. The van der Waals surface area contributed by atoms with E-state index in [0.29, 0.717) is 6.42 Å². The third-order valence-corrected chi connectivity index (χ3v) is 0.973. The molecule has 0 atom stereocenters. The molecule has 0 unspecified atom stereocenters. The molecule has 0 rings (SSSR count). The second-order valence-corrected chi connectivity index (χ2v) is 1.75. The van der Waals surface area contributed by atoms with Crippen molar-refractivity contribution in [2.24, 2.45) is 5.84 Å². The summed E-state index contributed by atoms with van der Waals surface area (Å²) in [6.07, 6.45) is 3.96. The van der Waals surface area contributed by atoms with Gasteiger partial charge in [-0.3, -0.25) is 10.2 Å². The molecule has 0 aliphatic rings. The Morgan fingerprint density at radius 1 is 1.70 bits per heavy atom. The summed E-state index contributed by atoms with van der Waals surface area (Å²) in [6.45, 7) is 3.52. The Morgan fingerprint density at radius 2 is 2.30 bits per heavy atom. The van der Waals surface area contributed by atoms with Crippen molar-refractivity contribution < 1.29 is 4.79 Å². The first-order chi connectivity index (χ1) is 4.31. The van der Waals surface area contributed by atoms with Gasteiger partial charge in [-0.2, -0.15) is 0 Å². The Morgan fingerprint density at radius 3 is 2.70 bits per heavy atom. The molecular formula is C6H13ClN2O. The lowest BCUT2D eigenvalue weighted by Gasteiger charge is -1.94. The highest BCUT2D eigenvalue weighted by molar-refractivity contribution is 5.85. The first-order valence-corrected chi connectivity index (χ1v) is 2.91. The monoisotopic (exact) mass is 164 g/mol. The molecule has 0 aliphatic heterocycles. The average Bonchev–Trinajstić information content (AvgIpc) is 1.89. The van der Waals surface area contributed by atoms with Crippen LogP contribution in [0.25, 0.3) is 0 Å². The lowest BCUT2D eigenvalue weighted by atomic mass is 10.2. The van der Waals surface area contributed by atoms with Crippen molar-refractivity contribution in [1.82, 2.24) is 5.43 Å². The molecule has 0 aromatic carbocycles. The number of carbonyl (C=O) groups excluding carboxylic acids is 1. The fourth-order valence-electron chi connectivity index (χ4n) is 0.479. The highest BCUT2D eigenvalue weighted by Crippen LogP contribution is 1.93. The molecule has 1 amide bonds. The maximum atomic E-state index is 10.4. The fourth-order valence-corrected chi connectivity index (χ4v) is 0.479. The minimum atomic E-state index is -0.114. The van der Waals surface area contributed by atoms with Gasteiger partial charge < -0.3 is 0 Å². The van der Waals surface area contributed by atoms with E-state index in [-0.39, 0.29) is 18.3 Å². The van der Waals surface area contributed by atoms with Gasteiger partial charge in [0.15, 0.2) is 0 Å². The van der Waals surface area contributed by atoms with Crippen LogP contribution in [-0.4, -0.2) is 5.91 Å². The zero-order valence-electron chi connectivity index (χ0n) is 5.80. The van der Waals surface area contributed by atoms with Crippen LogP contribution in [0.15, 0.2) is 12.7 Å². The molecule has 10 heavy (non-hydrogen) atoms. The SMILES string of the molecule is C=CCCCC(=O)NN.Cl. The number of carbonyl (C=O) groups is 1. The number of nitrogens with one attached hydrogen (secondary N) is 1. The van der Waals surface area contributed by atoms with Gasteiger partial charge in [-0.1, -0.05) is 6.08 Å².